The van der Waals surface area contributed by atoms with E-state index in [-0.39, 0.29) is 18.7 Å². The Bertz CT molecular complexity index is 330. The Morgan fingerprint density at radius 3 is 2.04 bits per heavy atom. The summed E-state index contributed by atoms with van der Waals surface area (Å²) in [7, 11) is 0. The van der Waals surface area contributed by atoms with Crippen LogP contribution in [0.25, 0.3) is 0 Å². The molecule has 0 bridgehead atoms. The van der Waals surface area contributed by atoms with E-state index < -0.39 is 0 Å². The van der Waals surface area contributed by atoms with Crippen LogP contribution in [0.5, 0.6) is 0 Å². The fraction of sp³-hybridized carbons (Fsp3) is 0.870. The van der Waals surface area contributed by atoms with Crippen LogP contribution < -0.4 is 0 Å². The molecule has 4 nitrogen and oxygen atoms in total. The van der Waals surface area contributed by atoms with Gasteiger partial charge in [-0.25, -0.2) is 0 Å². The molecule has 4 heteroatoms. The number of hydrogen-bond acceptors (Lipinski definition) is 4. The van der Waals surface area contributed by atoms with Crippen LogP contribution in [0.2, 0.25) is 0 Å². The molecule has 0 spiro atoms. The first-order chi connectivity index (χ1) is 13.2. The highest BCUT2D eigenvalue weighted by Crippen LogP contribution is 2.10. The lowest BCUT2D eigenvalue weighted by Gasteiger charge is -2.18. The SMILES string of the molecule is C=CCCCCO[C@H](COCCCCCCCCCCCC)COC(C)=O. The summed E-state index contributed by atoms with van der Waals surface area (Å²) in [6.45, 7) is 9.59. The summed E-state index contributed by atoms with van der Waals surface area (Å²) in [5, 5.41) is 0. The van der Waals surface area contributed by atoms with E-state index in [1.54, 1.807) is 0 Å². The highest BCUT2D eigenvalue weighted by atomic mass is 16.6. The van der Waals surface area contributed by atoms with Crippen LogP contribution in [0.3, 0.4) is 0 Å². The average molecular weight is 385 g/mol. The number of esters is 1. The standard InChI is InChI=1S/C23H44O4/c1-4-6-8-10-11-12-13-14-15-16-18-25-20-23(21-27-22(3)24)26-19-17-9-7-5-2/h5,23H,2,4,6-21H2,1,3H3/t23-/m1/s1. The predicted molar refractivity (Wildman–Crippen MR) is 113 cm³/mol. The number of carbonyl (C=O) groups is 1. The smallest absolute Gasteiger partial charge is 0.302 e. The number of ether oxygens (including phenoxy) is 3. The Labute approximate surface area is 168 Å². The maximum atomic E-state index is 11.0. The van der Waals surface area contributed by atoms with Crippen molar-refractivity contribution < 1.29 is 19.0 Å². The maximum absolute atomic E-state index is 11.0. The van der Waals surface area contributed by atoms with Gasteiger partial charge in [0.25, 0.3) is 0 Å². The van der Waals surface area contributed by atoms with Gasteiger partial charge in [0.15, 0.2) is 0 Å². The van der Waals surface area contributed by atoms with E-state index in [0.29, 0.717) is 13.2 Å². The van der Waals surface area contributed by atoms with Crippen molar-refractivity contribution in [2.24, 2.45) is 0 Å². The van der Waals surface area contributed by atoms with Gasteiger partial charge in [0.1, 0.15) is 12.7 Å². The van der Waals surface area contributed by atoms with E-state index in [0.717, 1.165) is 32.3 Å². The van der Waals surface area contributed by atoms with Crippen LogP contribution in [0.4, 0.5) is 0 Å². The van der Waals surface area contributed by atoms with E-state index in [9.17, 15) is 4.79 Å². The van der Waals surface area contributed by atoms with E-state index in [2.05, 4.69) is 13.5 Å². The quantitative estimate of drug-likeness (QED) is 0.134. The summed E-state index contributed by atoms with van der Waals surface area (Å²) >= 11 is 0. The summed E-state index contributed by atoms with van der Waals surface area (Å²) in [4.78, 5) is 11.0. The number of rotatable bonds is 21. The largest absolute Gasteiger partial charge is 0.463 e. The molecule has 0 amide bonds. The molecule has 0 aliphatic carbocycles. The van der Waals surface area contributed by atoms with Gasteiger partial charge in [-0.2, -0.15) is 0 Å². The molecule has 0 radical (unpaired) electrons. The molecule has 0 rings (SSSR count). The molecule has 0 aliphatic heterocycles. The molecule has 0 aromatic heterocycles. The second-order valence-corrected chi connectivity index (χ2v) is 7.34. The molecule has 1 atom stereocenters. The zero-order valence-corrected chi connectivity index (χ0v) is 18.0. The molecular weight excluding hydrogens is 340 g/mol. The van der Waals surface area contributed by atoms with Crippen molar-refractivity contribution in [1.29, 1.82) is 0 Å². The highest BCUT2D eigenvalue weighted by molar-refractivity contribution is 5.65. The lowest BCUT2D eigenvalue weighted by atomic mass is 10.1. The van der Waals surface area contributed by atoms with Crippen molar-refractivity contribution in [3.05, 3.63) is 12.7 Å². The van der Waals surface area contributed by atoms with Gasteiger partial charge >= 0.3 is 5.97 Å². The van der Waals surface area contributed by atoms with E-state index in [1.165, 1.54) is 64.7 Å². The first kappa shape index (κ1) is 26.1. The van der Waals surface area contributed by atoms with Crippen molar-refractivity contribution in [3.8, 4) is 0 Å². The van der Waals surface area contributed by atoms with Gasteiger partial charge in [0.2, 0.25) is 0 Å². The minimum atomic E-state index is -0.273. The van der Waals surface area contributed by atoms with Crippen LogP contribution in [-0.4, -0.2) is 38.5 Å². The Kier molecular flexibility index (Phi) is 20.7. The first-order valence-corrected chi connectivity index (χ1v) is 11.1. The third-order valence-corrected chi connectivity index (χ3v) is 4.57. The lowest BCUT2D eigenvalue weighted by molar-refractivity contribution is -0.147. The van der Waals surface area contributed by atoms with Gasteiger partial charge in [-0.05, 0) is 25.7 Å². The monoisotopic (exact) mass is 384 g/mol. The average Bonchev–Trinajstić information content (AvgIpc) is 2.65. The number of allylic oxidation sites excluding steroid dienone is 1. The first-order valence-electron chi connectivity index (χ1n) is 11.1. The molecule has 0 saturated carbocycles. The Morgan fingerprint density at radius 1 is 0.852 bits per heavy atom. The molecule has 0 N–H and O–H groups in total. The van der Waals surface area contributed by atoms with Crippen LogP contribution >= 0.6 is 0 Å². The Balaban J connectivity index is 3.58. The Hall–Kier alpha value is -0.870. The maximum Gasteiger partial charge on any atom is 0.302 e. The molecule has 0 fully saturated rings. The zero-order chi connectivity index (χ0) is 20.0. The van der Waals surface area contributed by atoms with Gasteiger partial charge < -0.3 is 14.2 Å². The van der Waals surface area contributed by atoms with Crippen molar-refractivity contribution >= 4 is 5.97 Å². The lowest BCUT2D eigenvalue weighted by Crippen LogP contribution is -2.27. The second kappa shape index (κ2) is 21.4. The van der Waals surface area contributed by atoms with Crippen molar-refractivity contribution in [2.45, 2.75) is 103 Å². The highest BCUT2D eigenvalue weighted by Gasteiger charge is 2.11. The van der Waals surface area contributed by atoms with Gasteiger partial charge in [-0.3, -0.25) is 4.79 Å². The minimum absolute atomic E-state index is 0.166. The molecule has 0 heterocycles. The molecule has 160 valence electrons. The molecule has 0 saturated heterocycles. The second-order valence-electron chi connectivity index (χ2n) is 7.34. The summed E-state index contributed by atoms with van der Waals surface area (Å²) in [5.41, 5.74) is 0. The van der Waals surface area contributed by atoms with Gasteiger partial charge in [-0.1, -0.05) is 70.8 Å². The number of unbranched alkanes of at least 4 members (excludes halogenated alkanes) is 11. The van der Waals surface area contributed by atoms with E-state index >= 15 is 0 Å². The molecule has 27 heavy (non-hydrogen) atoms. The molecule has 0 unspecified atom stereocenters. The molecule has 0 aromatic carbocycles. The van der Waals surface area contributed by atoms with Crippen molar-refractivity contribution in [2.75, 3.05) is 26.4 Å². The topological polar surface area (TPSA) is 44.8 Å². The van der Waals surface area contributed by atoms with Gasteiger partial charge in [0.05, 0.1) is 6.61 Å². The van der Waals surface area contributed by atoms with Gasteiger partial charge in [0, 0.05) is 20.1 Å². The van der Waals surface area contributed by atoms with E-state index in [4.69, 9.17) is 14.2 Å². The van der Waals surface area contributed by atoms with Crippen LogP contribution in [0.15, 0.2) is 12.7 Å². The predicted octanol–water partition coefficient (Wildman–Crippen LogP) is 6.23. The van der Waals surface area contributed by atoms with Crippen LogP contribution in [-0.2, 0) is 19.0 Å². The summed E-state index contributed by atoms with van der Waals surface area (Å²) in [6, 6.07) is 0. The molecule has 0 aromatic rings. The minimum Gasteiger partial charge on any atom is -0.463 e. The molecular formula is C23H44O4. The van der Waals surface area contributed by atoms with E-state index in [1.807, 2.05) is 6.08 Å². The normalized spacial score (nSPS) is 12.1. The van der Waals surface area contributed by atoms with Crippen molar-refractivity contribution in [1.82, 2.24) is 0 Å². The number of carbonyl (C=O) groups excluding carboxylic acids is 1. The fourth-order valence-electron chi connectivity index (χ4n) is 2.90. The van der Waals surface area contributed by atoms with Crippen molar-refractivity contribution in [3.63, 3.8) is 0 Å². The summed E-state index contributed by atoms with van der Waals surface area (Å²) in [6.07, 6.45) is 18.0. The number of hydrogen-bond donors (Lipinski definition) is 0. The van der Waals surface area contributed by atoms with Gasteiger partial charge in [-0.15, -0.1) is 6.58 Å². The zero-order valence-electron chi connectivity index (χ0n) is 18.0. The van der Waals surface area contributed by atoms with Crippen LogP contribution in [0.1, 0.15) is 97.3 Å². The summed E-state index contributed by atoms with van der Waals surface area (Å²) < 4.78 is 16.6. The van der Waals surface area contributed by atoms with Crippen LogP contribution in [0, 0.1) is 0 Å². The Morgan fingerprint density at radius 2 is 1.44 bits per heavy atom. The summed E-state index contributed by atoms with van der Waals surface area (Å²) in [5.74, 6) is -0.273. The third-order valence-electron chi connectivity index (χ3n) is 4.57. The molecule has 0 aliphatic rings. The fourth-order valence-corrected chi connectivity index (χ4v) is 2.90. The third kappa shape index (κ3) is 21.3.